The van der Waals surface area contributed by atoms with Gasteiger partial charge in [-0.3, -0.25) is 9.89 Å². The molecule has 166 valence electrons. The zero-order valence-electron chi connectivity index (χ0n) is 18.8. The van der Waals surface area contributed by atoms with Crippen LogP contribution < -0.4 is 15.1 Å². The monoisotopic (exact) mass is 431 g/mol. The molecule has 0 unspecified atom stereocenters. The van der Waals surface area contributed by atoms with Crippen LogP contribution >= 0.6 is 0 Å². The van der Waals surface area contributed by atoms with Crippen molar-refractivity contribution in [1.82, 2.24) is 20.2 Å². The molecule has 1 fully saturated rings. The van der Waals surface area contributed by atoms with E-state index in [0.29, 0.717) is 18.5 Å². The van der Waals surface area contributed by atoms with Crippen molar-refractivity contribution >= 4 is 29.0 Å². The van der Waals surface area contributed by atoms with Crippen molar-refractivity contribution in [2.45, 2.75) is 45.6 Å². The average molecular weight is 432 g/mol. The Morgan fingerprint density at radius 3 is 2.75 bits per heavy atom. The second-order valence-corrected chi connectivity index (χ2v) is 9.39. The molecule has 8 heteroatoms. The smallest absolute Gasteiger partial charge is 0.234 e. The summed E-state index contributed by atoms with van der Waals surface area (Å²) >= 11 is 0. The lowest BCUT2D eigenvalue weighted by atomic mass is 9.91. The number of carbonyl (C=O) groups excluding carboxylic acids is 1. The maximum atomic E-state index is 13.1. The predicted octanol–water partition coefficient (Wildman–Crippen LogP) is 4.36. The van der Waals surface area contributed by atoms with Crippen LogP contribution in [-0.4, -0.2) is 45.7 Å². The first-order valence-electron chi connectivity index (χ1n) is 11.2. The second-order valence-electron chi connectivity index (χ2n) is 9.39. The van der Waals surface area contributed by atoms with Gasteiger partial charge >= 0.3 is 0 Å². The molecule has 1 aliphatic heterocycles. The molecule has 0 spiro atoms. The summed E-state index contributed by atoms with van der Waals surface area (Å²) in [7, 11) is 1.82. The van der Waals surface area contributed by atoms with Gasteiger partial charge in [0, 0.05) is 37.1 Å². The number of nitrogens with zero attached hydrogens (tertiary/aromatic N) is 5. The highest BCUT2D eigenvalue weighted by atomic mass is 16.2. The number of hydrogen-bond acceptors (Lipinski definition) is 6. The largest absolute Gasteiger partial charge is 0.351 e. The number of aromatic amines is 1. The van der Waals surface area contributed by atoms with Crippen molar-refractivity contribution in [2.75, 3.05) is 28.7 Å². The summed E-state index contributed by atoms with van der Waals surface area (Å²) in [6.07, 6.45) is 8.21. The van der Waals surface area contributed by atoms with Crippen LogP contribution in [0.4, 0.5) is 23.1 Å². The Morgan fingerprint density at radius 1 is 1.19 bits per heavy atom. The van der Waals surface area contributed by atoms with E-state index in [9.17, 15) is 4.79 Å². The van der Waals surface area contributed by atoms with E-state index in [-0.39, 0.29) is 5.91 Å². The van der Waals surface area contributed by atoms with Gasteiger partial charge in [-0.15, -0.1) is 0 Å². The summed E-state index contributed by atoms with van der Waals surface area (Å²) in [5.41, 5.74) is 3.14. The zero-order chi connectivity index (χ0) is 22.3. The Kier molecular flexibility index (Phi) is 5.07. The first kappa shape index (κ1) is 20.5. The molecule has 0 saturated heterocycles. The highest BCUT2D eigenvalue weighted by Crippen LogP contribution is 2.40. The molecule has 32 heavy (non-hydrogen) atoms. The van der Waals surface area contributed by atoms with Crippen molar-refractivity contribution in [1.29, 1.82) is 0 Å². The molecule has 8 nitrogen and oxygen atoms in total. The Balaban J connectivity index is 1.51. The molecule has 2 aromatic heterocycles. The van der Waals surface area contributed by atoms with E-state index in [1.807, 2.05) is 51.2 Å². The van der Waals surface area contributed by atoms with Gasteiger partial charge in [0.2, 0.25) is 11.9 Å². The number of hydrogen-bond donors (Lipinski definition) is 2. The fourth-order valence-corrected chi connectivity index (χ4v) is 4.83. The van der Waals surface area contributed by atoms with Gasteiger partial charge in [0.15, 0.2) is 5.82 Å². The first-order valence-corrected chi connectivity index (χ1v) is 11.2. The third-order valence-corrected chi connectivity index (χ3v) is 6.53. The average Bonchev–Trinajstić information content (AvgIpc) is 3.50. The highest BCUT2D eigenvalue weighted by molar-refractivity contribution is 6.00. The Labute approximate surface area is 188 Å². The number of rotatable bonds is 4. The standard InChI is InChI=1S/C24H29N7O/c1-24(2)15-31(18-9-4-5-10-18)21-20(30(3)22(24)32)14-25-23(28-21)27-17-8-6-7-16(13-17)19-11-12-26-29-19/h6-8,11-14,18H,4-5,9-10,15H2,1-3H3,(H,26,29)(H,25,27,28). The van der Waals surface area contributed by atoms with Crippen LogP contribution in [0.2, 0.25) is 0 Å². The SMILES string of the molecule is CN1C(=O)C(C)(C)CN(C2CCCC2)c2nc(Nc3cccc(-c4ccn[nH]4)c3)ncc21. The maximum absolute atomic E-state index is 13.1. The first-order chi connectivity index (χ1) is 15.4. The number of aromatic nitrogens is 4. The van der Waals surface area contributed by atoms with Crippen LogP contribution in [0.5, 0.6) is 0 Å². The second kappa shape index (κ2) is 7.93. The van der Waals surface area contributed by atoms with Gasteiger partial charge < -0.3 is 15.1 Å². The normalized spacial score (nSPS) is 18.5. The van der Waals surface area contributed by atoms with E-state index < -0.39 is 5.41 Å². The summed E-state index contributed by atoms with van der Waals surface area (Å²) in [5.74, 6) is 1.45. The minimum Gasteiger partial charge on any atom is -0.351 e. The van der Waals surface area contributed by atoms with Crippen LogP contribution in [0.15, 0.2) is 42.7 Å². The van der Waals surface area contributed by atoms with E-state index >= 15 is 0 Å². The Morgan fingerprint density at radius 2 is 2.00 bits per heavy atom. The summed E-state index contributed by atoms with van der Waals surface area (Å²) in [4.78, 5) is 26.7. The predicted molar refractivity (Wildman–Crippen MR) is 126 cm³/mol. The molecular formula is C24H29N7O. The summed E-state index contributed by atoms with van der Waals surface area (Å²) < 4.78 is 0. The number of carbonyl (C=O) groups is 1. The number of amides is 1. The zero-order valence-corrected chi connectivity index (χ0v) is 18.8. The molecule has 1 saturated carbocycles. The molecule has 2 N–H and O–H groups in total. The molecule has 1 amide bonds. The van der Waals surface area contributed by atoms with Gasteiger partial charge in [-0.1, -0.05) is 25.0 Å². The molecular weight excluding hydrogens is 402 g/mol. The topological polar surface area (TPSA) is 90.0 Å². The number of anilines is 4. The summed E-state index contributed by atoms with van der Waals surface area (Å²) in [6, 6.07) is 10.4. The van der Waals surface area contributed by atoms with Crippen LogP contribution in [0, 0.1) is 5.41 Å². The van der Waals surface area contributed by atoms with Crippen molar-refractivity contribution in [3.8, 4) is 11.3 Å². The van der Waals surface area contributed by atoms with Gasteiger partial charge in [-0.2, -0.15) is 10.1 Å². The highest BCUT2D eigenvalue weighted by Gasteiger charge is 2.41. The van der Waals surface area contributed by atoms with Gasteiger partial charge in [0.25, 0.3) is 0 Å². The lowest BCUT2D eigenvalue weighted by Gasteiger charge is -2.34. The van der Waals surface area contributed by atoms with Crippen molar-refractivity contribution < 1.29 is 4.79 Å². The van der Waals surface area contributed by atoms with Crippen molar-refractivity contribution in [3.05, 3.63) is 42.7 Å². The van der Waals surface area contributed by atoms with E-state index in [1.165, 1.54) is 12.8 Å². The summed E-state index contributed by atoms with van der Waals surface area (Å²) in [5, 5.41) is 10.4. The molecule has 5 rings (SSSR count). The minimum absolute atomic E-state index is 0.0933. The van der Waals surface area contributed by atoms with E-state index in [2.05, 4.69) is 25.4 Å². The van der Waals surface area contributed by atoms with Gasteiger partial charge in [0.1, 0.15) is 5.69 Å². The van der Waals surface area contributed by atoms with Gasteiger partial charge in [-0.05, 0) is 44.9 Å². The summed E-state index contributed by atoms with van der Waals surface area (Å²) in [6.45, 7) is 4.69. The van der Waals surface area contributed by atoms with Crippen LogP contribution in [0.3, 0.4) is 0 Å². The third-order valence-electron chi connectivity index (χ3n) is 6.53. The quantitative estimate of drug-likeness (QED) is 0.638. The van der Waals surface area contributed by atoms with Crippen molar-refractivity contribution in [2.24, 2.45) is 5.41 Å². The van der Waals surface area contributed by atoms with E-state index in [0.717, 1.165) is 41.3 Å². The number of benzene rings is 1. The molecule has 3 aromatic rings. The molecule has 2 aliphatic rings. The van der Waals surface area contributed by atoms with Gasteiger partial charge in [0.05, 0.1) is 17.3 Å². The van der Waals surface area contributed by atoms with Crippen molar-refractivity contribution in [3.63, 3.8) is 0 Å². The molecule has 1 aromatic carbocycles. The number of fused-ring (bicyclic) bond motifs is 1. The molecule has 0 bridgehead atoms. The van der Waals surface area contributed by atoms with Crippen LogP contribution in [0.1, 0.15) is 39.5 Å². The van der Waals surface area contributed by atoms with Crippen LogP contribution in [-0.2, 0) is 4.79 Å². The molecule has 1 aliphatic carbocycles. The van der Waals surface area contributed by atoms with Crippen LogP contribution in [0.25, 0.3) is 11.3 Å². The Hall–Kier alpha value is -3.42. The fraction of sp³-hybridized carbons (Fsp3) is 0.417. The molecule has 0 radical (unpaired) electrons. The molecule has 3 heterocycles. The van der Waals surface area contributed by atoms with E-state index in [1.54, 1.807) is 17.3 Å². The fourth-order valence-electron chi connectivity index (χ4n) is 4.83. The van der Waals surface area contributed by atoms with E-state index in [4.69, 9.17) is 4.98 Å². The number of nitrogens with one attached hydrogen (secondary N) is 2. The Bertz CT molecular complexity index is 1120. The third kappa shape index (κ3) is 3.70. The minimum atomic E-state index is -0.496. The maximum Gasteiger partial charge on any atom is 0.234 e. The molecule has 0 atom stereocenters. The lowest BCUT2D eigenvalue weighted by molar-refractivity contribution is -0.125. The lowest BCUT2D eigenvalue weighted by Crippen LogP contribution is -2.45. The number of H-pyrrole nitrogens is 1. The van der Waals surface area contributed by atoms with Gasteiger partial charge in [-0.25, -0.2) is 4.98 Å².